The van der Waals surface area contributed by atoms with Crippen LogP contribution in [0.3, 0.4) is 0 Å². The maximum absolute atomic E-state index is 13.0. The molecule has 0 saturated carbocycles. The lowest BCUT2D eigenvalue weighted by Gasteiger charge is -2.39. The molecule has 138 valence electrons. The number of piperidine rings is 1. The summed E-state index contributed by atoms with van der Waals surface area (Å²) >= 11 is 0. The molecule has 2 N–H and O–H groups in total. The van der Waals surface area contributed by atoms with E-state index in [0.29, 0.717) is 49.5 Å². The summed E-state index contributed by atoms with van der Waals surface area (Å²) in [5.74, 6) is 1.06. The second-order valence-corrected chi connectivity index (χ2v) is 6.97. The van der Waals surface area contributed by atoms with Crippen LogP contribution >= 0.6 is 0 Å². The monoisotopic (exact) mass is 359 g/mol. The van der Waals surface area contributed by atoms with Gasteiger partial charge in [0.2, 0.25) is 6.79 Å². The Kier molecular flexibility index (Phi) is 4.56. The van der Waals surface area contributed by atoms with Crippen molar-refractivity contribution in [1.29, 1.82) is 0 Å². The largest absolute Gasteiger partial charge is 0.454 e. The lowest BCUT2D eigenvalue weighted by Crippen LogP contribution is -2.43. The summed E-state index contributed by atoms with van der Waals surface area (Å²) in [6.45, 7) is 2.02. The molecule has 4 rings (SSSR count). The first-order valence-corrected chi connectivity index (χ1v) is 8.82. The summed E-state index contributed by atoms with van der Waals surface area (Å²) in [6.07, 6.45) is 0.471. The number of ether oxygens (including phenoxy) is 2. The van der Waals surface area contributed by atoms with Crippen LogP contribution in [-0.4, -0.2) is 41.5 Å². The number of halogens is 1. The molecule has 2 aromatic carbocycles. The molecule has 2 aliphatic rings. The summed E-state index contributed by atoms with van der Waals surface area (Å²) in [5.41, 5.74) is 0.627. The van der Waals surface area contributed by atoms with Crippen LogP contribution in [0.25, 0.3) is 0 Å². The average Bonchev–Trinajstić information content (AvgIpc) is 3.12. The van der Waals surface area contributed by atoms with Crippen LogP contribution < -0.4 is 9.47 Å². The van der Waals surface area contributed by atoms with Gasteiger partial charge in [0.25, 0.3) is 0 Å². The number of aliphatic hydroxyl groups excluding tert-OH is 1. The van der Waals surface area contributed by atoms with Crippen molar-refractivity contribution in [3.05, 3.63) is 59.4 Å². The number of hydrogen-bond donors (Lipinski definition) is 2. The molecule has 5 nitrogen and oxygen atoms in total. The predicted octanol–water partition coefficient (Wildman–Crippen LogP) is 2.57. The first-order valence-electron chi connectivity index (χ1n) is 8.82. The molecule has 0 spiro atoms. The Labute approximate surface area is 151 Å². The summed E-state index contributed by atoms with van der Waals surface area (Å²) in [4.78, 5) is 2.12. The zero-order chi connectivity index (χ0) is 18.1. The highest BCUT2D eigenvalue weighted by molar-refractivity contribution is 5.46. The fourth-order valence-corrected chi connectivity index (χ4v) is 3.62. The Morgan fingerprint density at radius 2 is 1.73 bits per heavy atom. The standard InChI is InChI=1S/C20H22FNO4/c21-16-4-1-14(2-5-16)17(23)12-22-9-7-20(24,8-10-22)15-3-6-18-19(11-15)26-13-25-18/h1-6,11,17,23-24H,7-10,12-13H2/t17-/m0/s1. The minimum Gasteiger partial charge on any atom is -0.454 e. The number of aliphatic hydroxyl groups is 2. The highest BCUT2D eigenvalue weighted by atomic mass is 19.1. The van der Waals surface area contributed by atoms with Crippen LogP contribution in [0.4, 0.5) is 4.39 Å². The molecule has 1 atom stereocenters. The normalized spacial score (nSPS) is 20.1. The van der Waals surface area contributed by atoms with Crippen molar-refractivity contribution >= 4 is 0 Å². The van der Waals surface area contributed by atoms with Crippen LogP contribution in [0.2, 0.25) is 0 Å². The summed E-state index contributed by atoms with van der Waals surface area (Å²) in [5, 5.41) is 21.4. The number of benzene rings is 2. The molecule has 0 radical (unpaired) electrons. The smallest absolute Gasteiger partial charge is 0.231 e. The van der Waals surface area contributed by atoms with Crippen LogP contribution in [0.1, 0.15) is 30.1 Å². The molecule has 0 amide bonds. The zero-order valence-electron chi connectivity index (χ0n) is 14.4. The third-order valence-corrected chi connectivity index (χ3v) is 5.28. The molecule has 0 aliphatic carbocycles. The van der Waals surface area contributed by atoms with Crippen molar-refractivity contribution in [1.82, 2.24) is 4.90 Å². The summed E-state index contributed by atoms with van der Waals surface area (Å²) in [6, 6.07) is 11.5. The lowest BCUT2D eigenvalue weighted by molar-refractivity contribution is -0.0345. The highest BCUT2D eigenvalue weighted by Gasteiger charge is 2.35. The summed E-state index contributed by atoms with van der Waals surface area (Å²) < 4.78 is 23.7. The number of rotatable bonds is 4. The van der Waals surface area contributed by atoms with Gasteiger partial charge in [-0.2, -0.15) is 0 Å². The predicted molar refractivity (Wildman–Crippen MR) is 93.5 cm³/mol. The number of likely N-dealkylation sites (tertiary alicyclic amines) is 1. The van der Waals surface area contributed by atoms with E-state index in [1.165, 1.54) is 12.1 Å². The maximum Gasteiger partial charge on any atom is 0.231 e. The Morgan fingerprint density at radius 3 is 2.46 bits per heavy atom. The van der Waals surface area contributed by atoms with Gasteiger partial charge in [-0.3, -0.25) is 0 Å². The van der Waals surface area contributed by atoms with Gasteiger partial charge in [-0.1, -0.05) is 18.2 Å². The first kappa shape index (κ1) is 17.3. The molecule has 2 aromatic rings. The van der Waals surface area contributed by atoms with Crippen molar-refractivity contribution in [2.24, 2.45) is 0 Å². The third-order valence-electron chi connectivity index (χ3n) is 5.28. The molecule has 1 saturated heterocycles. The minimum absolute atomic E-state index is 0.215. The van der Waals surface area contributed by atoms with Gasteiger partial charge < -0.3 is 24.6 Å². The molecule has 2 aliphatic heterocycles. The molecule has 6 heteroatoms. The Hall–Kier alpha value is -2.15. The molecular formula is C20H22FNO4. The fraction of sp³-hybridized carbons (Fsp3) is 0.400. The first-order chi connectivity index (χ1) is 12.5. The number of nitrogens with zero attached hydrogens (tertiary/aromatic N) is 1. The average molecular weight is 359 g/mol. The number of β-amino-alcohol motifs (C(OH)–C–C–N with tert-alkyl or cyclic N) is 1. The second-order valence-electron chi connectivity index (χ2n) is 6.97. The zero-order valence-corrected chi connectivity index (χ0v) is 14.4. The van der Waals surface area contributed by atoms with Gasteiger partial charge in [0.15, 0.2) is 11.5 Å². The van der Waals surface area contributed by atoms with Crippen LogP contribution in [0.5, 0.6) is 11.5 Å². The Bertz CT molecular complexity index is 772. The SMILES string of the molecule is O[C@@H](CN1CCC(O)(c2ccc3c(c2)OCO3)CC1)c1ccc(F)cc1. The quantitative estimate of drug-likeness (QED) is 0.879. The van der Waals surface area contributed by atoms with Gasteiger partial charge in [0, 0.05) is 19.6 Å². The van der Waals surface area contributed by atoms with Gasteiger partial charge in [-0.25, -0.2) is 4.39 Å². The van der Waals surface area contributed by atoms with Gasteiger partial charge in [0.1, 0.15) is 5.82 Å². The second kappa shape index (κ2) is 6.87. The van der Waals surface area contributed by atoms with E-state index in [-0.39, 0.29) is 12.6 Å². The molecule has 26 heavy (non-hydrogen) atoms. The van der Waals surface area contributed by atoms with Crippen LogP contribution in [-0.2, 0) is 5.60 Å². The van der Waals surface area contributed by atoms with Crippen molar-refractivity contribution in [2.75, 3.05) is 26.4 Å². The van der Waals surface area contributed by atoms with Gasteiger partial charge in [-0.15, -0.1) is 0 Å². The van der Waals surface area contributed by atoms with Crippen LogP contribution in [0, 0.1) is 5.82 Å². The fourth-order valence-electron chi connectivity index (χ4n) is 3.62. The van der Waals surface area contributed by atoms with E-state index in [9.17, 15) is 14.6 Å². The lowest BCUT2D eigenvalue weighted by atomic mass is 9.84. The van der Waals surface area contributed by atoms with E-state index < -0.39 is 11.7 Å². The third kappa shape index (κ3) is 3.40. The van der Waals surface area contributed by atoms with Crippen molar-refractivity contribution in [2.45, 2.75) is 24.5 Å². The Balaban J connectivity index is 1.38. The maximum atomic E-state index is 13.0. The van der Waals surface area contributed by atoms with E-state index in [4.69, 9.17) is 9.47 Å². The van der Waals surface area contributed by atoms with E-state index in [2.05, 4.69) is 4.90 Å². The van der Waals surface area contributed by atoms with Gasteiger partial charge in [0.05, 0.1) is 11.7 Å². The molecule has 0 aromatic heterocycles. The van der Waals surface area contributed by atoms with Crippen molar-refractivity contribution in [3.63, 3.8) is 0 Å². The van der Waals surface area contributed by atoms with E-state index in [1.54, 1.807) is 12.1 Å². The minimum atomic E-state index is -0.904. The Morgan fingerprint density at radius 1 is 1.04 bits per heavy atom. The number of hydrogen-bond acceptors (Lipinski definition) is 5. The van der Waals surface area contributed by atoms with Gasteiger partial charge in [-0.05, 0) is 48.2 Å². The molecule has 0 unspecified atom stereocenters. The van der Waals surface area contributed by atoms with Crippen molar-refractivity contribution < 1.29 is 24.1 Å². The van der Waals surface area contributed by atoms with Gasteiger partial charge >= 0.3 is 0 Å². The summed E-state index contributed by atoms with van der Waals surface area (Å²) in [7, 11) is 0. The van der Waals surface area contributed by atoms with Crippen molar-refractivity contribution in [3.8, 4) is 11.5 Å². The topological polar surface area (TPSA) is 62.2 Å². The molecule has 0 bridgehead atoms. The van der Waals surface area contributed by atoms with E-state index in [0.717, 1.165) is 5.56 Å². The van der Waals surface area contributed by atoms with Crippen LogP contribution in [0.15, 0.2) is 42.5 Å². The molecular weight excluding hydrogens is 337 g/mol. The van der Waals surface area contributed by atoms with E-state index in [1.807, 2.05) is 18.2 Å². The molecule has 2 heterocycles. The van der Waals surface area contributed by atoms with E-state index >= 15 is 0 Å². The number of fused-ring (bicyclic) bond motifs is 1. The highest BCUT2D eigenvalue weighted by Crippen LogP contribution is 2.39. The molecule has 1 fully saturated rings.